The van der Waals surface area contributed by atoms with Crippen molar-refractivity contribution in [3.05, 3.63) is 223 Å². The van der Waals surface area contributed by atoms with Crippen LogP contribution in [0.1, 0.15) is 62.9 Å². The third-order valence-corrected chi connectivity index (χ3v) is 13.4. The summed E-state index contributed by atoms with van der Waals surface area (Å²) in [5.74, 6) is 2.63. The van der Waals surface area contributed by atoms with Crippen LogP contribution in [0.4, 0.5) is 0 Å². The standard InChI is InChI=1S/C37H21N2O.C26H27N2.Ir/c1-3-13-25-23(11-1)24-12-2-4-14-26(24)29-17-10-20-32-35(29)39(33-21-7-5-15-27(25)33)37(38-32)31-19-9-18-30-28-16-6-8-22-34(28)40-36(30)31;1-18(2)21-14-11-15-22(19(3)4)25(21)28-24-17-10-9-16-23(24)27-26(28)20-12-7-5-6-8-13-20;/h1-18,20-22H;5-7,9-11,13-19H,8H2,1-4H3;/q2*-1;. The molecular weight excluding hydrogens is 1020 g/mol. The number of rotatable bonds is 5. The van der Waals surface area contributed by atoms with Gasteiger partial charge in [-0.25, -0.2) is 0 Å². The van der Waals surface area contributed by atoms with Crippen LogP contribution in [0.5, 0.6) is 0 Å². The molecule has 13 rings (SSSR count). The van der Waals surface area contributed by atoms with Gasteiger partial charge in [-0.1, -0.05) is 172 Å². The quantitative estimate of drug-likeness (QED) is 0.161. The number of benzene rings is 8. The summed E-state index contributed by atoms with van der Waals surface area (Å²) in [4.78, 5) is 10.3. The molecule has 4 heterocycles. The van der Waals surface area contributed by atoms with Crippen LogP contribution in [0.25, 0.3) is 104 Å². The van der Waals surface area contributed by atoms with E-state index in [1.807, 2.05) is 24.3 Å². The van der Waals surface area contributed by atoms with Gasteiger partial charge in [0.2, 0.25) is 0 Å². The summed E-state index contributed by atoms with van der Waals surface area (Å²) in [6.07, 6.45) is 12.7. The van der Waals surface area contributed by atoms with Crippen LogP contribution in [-0.2, 0) is 20.1 Å². The Morgan fingerprint density at radius 3 is 1.83 bits per heavy atom. The van der Waals surface area contributed by atoms with E-state index in [0.717, 1.165) is 89.5 Å². The van der Waals surface area contributed by atoms with Gasteiger partial charge in [0.05, 0.1) is 39.3 Å². The summed E-state index contributed by atoms with van der Waals surface area (Å²) in [6.45, 7) is 9.07. The molecule has 12 aromatic rings. The minimum atomic E-state index is 0. The van der Waals surface area contributed by atoms with E-state index >= 15 is 0 Å². The number of allylic oxidation sites excluding steroid dienone is 6. The van der Waals surface area contributed by atoms with Crippen LogP contribution < -0.4 is 0 Å². The number of fused-ring (bicyclic) bond motifs is 11. The Labute approximate surface area is 414 Å². The van der Waals surface area contributed by atoms with Crippen LogP contribution in [0.3, 0.4) is 0 Å². The normalized spacial score (nSPS) is 12.7. The summed E-state index contributed by atoms with van der Waals surface area (Å²) < 4.78 is 11.2. The summed E-state index contributed by atoms with van der Waals surface area (Å²) >= 11 is 0. The monoisotopic (exact) mass is 1070 g/mol. The molecule has 1 aliphatic rings. The molecule has 0 saturated carbocycles. The Balaban J connectivity index is 0.000000159. The molecule has 0 spiro atoms. The topological polar surface area (TPSA) is 48.3 Å². The third-order valence-electron chi connectivity index (χ3n) is 13.4. The van der Waals surface area contributed by atoms with Gasteiger partial charge >= 0.3 is 0 Å². The number of hydrogen-bond donors (Lipinski definition) is 0. The summed E-state index contributed by atoms with van der Waals surface area (Å²) in [6, 6.07) is 63.4. The molecule has 5 nitrogen and oxygen atoms in total. The molecule has 0 fully saturated rings. The van der Waals surface area contributed by atoms with Crippen LogP contribution in [0.15, 0.2) is 199 Å². The molecule has 1 aliphatic carbocycles. The largest absolute Gasteiger partial charge is 0.501 e. The van der Waals surface area contributed by atoms with E-state index in [4.69, 9.17) is 14.4 Å². The zero-order valence-corrected chi connectivity index (χ0v) is 41.3. The zero-order valence-electron chi connectivity index (χ0n) is 38.9. The van der Waals surface area contributed by atoms with E-state index in [2.05, 4.69) is 219 Å². The first kappa shape index (κ1) is 43.9. The maximum absolute atomic E-state index is 6.48. The Morgan fingerprint density at radius 1 is 0.536 bits per heavy atom. The average Bonchev–Trinajstić information content (AvgIpc) is 4.01. The Kier molecular flexibility index (Phi) is 11.5. The molecule has 0 unspecified atom stereocenters. The third kappa shape index (κ3) is 7.43. The van der Waals surface area contributed by atoms with Crippen molar-refractivity contribution in [1.82, 2.24) is 18.9 Å². The van der Waals surface area contributed by atoms with Gasteiger partial charge in [0.15, 0.2) is 0 Å². The number of hydrogen-bond acceptors (Lipinski definition) is 3. The first-order valence-corrected chi connectivity index (χ1v) is 23.6. The second-order valence-electron chi connectivity index (χ2n) is 18.2. The van der Waals surface area contributed by atoms with E-state index in [0.29, 0.717) is 11.8 Å². The van der Waals surface area contributed by atoms with Crippen molar-refractivity contribution in [2.24, 2.45) is 0 Å². The molecule has 337 valence electrons. The summed E-state index contributed by atoms with van der Waals surface area (Å²) in [5.41, 5.74) is 12.8. The summed E-state index contributed by atoms with van der Waals surface area (Å²) in [7, 11) is 0. The fraction of sp³-hybridized carbons (Fsp3) is 0.111. The minimum Gasteiger partial charge on any atom is -0.501 e. The number of furan rings is 1. The second-order valence-corrected chi connectivity index (χ2v) is 18.2. The zero-order chi connectivity index (χ0) is 45.9. The molecule has 0 aliphatic heterocycles. The van der Waals surface area contributed by atoms with E-state index in [1.54, 1.807) is 0 Å². The maximum Gasteiger partial charge on any atom is 0.120 e. The smallest absolute Gasteiger partial charge is 0.120 e. The van der Waals surface area contributed by atoms with E-state index in [9.17, 15) is 0 Å². The number of imidazole rings is 2. The van der Waals surface area contributed by atoms with Gasteiger partial charge in [-0.3, -0.25) is 9.97 Å². The van der Waals surface area contributed by atoms with Crippen molar-refractivity contribution >= 4 is 87.4 Å². The van der Waals surface area contributed by atoms with Crippen LogP contribution in [0.2, 0.25) is 0 Å². The van der Waals surface area contributed by atoms with Crippen molar-refractivity contribution in [3.63, 3.8) is 0 Å². The van der Waals surface area contributed by atoms with Gasteiger partial charge < -0.3 is 13.4 Å². The van der Waals surface area contributed by atoms with Gasteiger partial charge in [-0.2, -0.15) is 6.08 Å². The van der Waals surface area contributed by atoms with Gasteiger partial charge in [-0.05, 0) is 74.8 Å². The van der Waals surface area contributed by atoms with Gasteiger partial charge in [0.1, 0.15) is 5.58 Å². The maximum atomic E-state index is 6.48. The van der Waals surface area contributed by atoms with Gasteiger partial charge in [-0.15, -0.1) is 48.1 Å². The Hall–Kier alpha value is -7.63. The van der Waals surface area contributed by atoms with Crippen molar-refractivity contribution in [1.29, 1.82) is 0 Å². The number of para-hydroxylation sites is 6. The van der Waals surface area contributed by atoms with Crippen molar-refractivity contribution in [2.45, 2.75) is 46.0 Å². The molecule has 4 aromatic heterocycles. The van der Waals surface area contributed by atoms with Crippen molar-refractivity contribution < 1.29 is 24.5 Å². The van der Waals surface area contributed by atoms with Crippen molar-refractivity contribution in [3.8, 4) is 17.1 Å². The molecule has 8 aromatic carbocycles. The average molecular weight is 1070 g/mol. The Morgan fingerprint density at radius 2 is 1.10 bits per heavy atom. The molecule has 0 bridgehead atoms. The minimum absolute atomic E-state index is 0. The second kappa shape index (κ2) is 18.1. The SMILES string of the molecule is CC(C)c1cccc(C(C)C)c1-n1c(C2=CCC=CC=[C-]2)nc2ccccc21.[Ir].[c-]1ccc2c(oc3ccccc32)c1-c1nc2cccc3c4ccccc4c4ccccc4c4ccccc4n1c23. The van der Waals surface area contributed by atoms with Crippen molar-refractivity contribution in [2.75, 3.05) is 0 Å². The van der Waals surface area contributed by atoms with Crippen LogP contribution >= 0.6 is 0 Å². The molecule has 69 heavy (non-hydrogen) atoms. The first-order chi connectivity index (χ1) is 33.4. The summed E-state index contributed by atoms with van der Waals surface area (Å²) in [5, 5.41) is 9.27. The molecular formula is C63H48IrN4O-2. The molecule has 6 heteroatoms. The number of aromatic nitrogens is 4. The fourth-order valence-corrected chi connectivity index (χ4v) is 10.3. The molecule has 0 amide bonds. The predicted molar refractivity (Wildman–Crippen MR) is 284 cm³/mol. The molecule has 0 atom stereocenters. The number of nitrogens with zero attached hydrogens (tertiary/aromatic N) is 4. The van der Waals surface area contributed by atoms with E-state index in [-0.39, 0.29) is 20.1 Å². The van der Waals surface area contributed by atoms with Crippen LogP contribution in [0, 0.1) is 12.1 Å². The Bertz CT molecular complexity index is 4060. The molecule has 1 radical (unpaired) electrons. The van der Waals surface area contributed by atoms with Gasteiger partial charge in [0, 0.05) is 47.5 Å². The molecule has 0 N–H and O–H groups in total. The first-order valence-electron chi connectivity index (χ1n) is 23.6. The van der Waals surface area contributed by atoms with Crippen LogP contribution in [-0.4, -0.2) is 18.9 Å². The fourth-order valence-electron chi connectivity index (χ4n) is 10.3. The van der Waals surface area contributed by atoms with Gasteiger partial charge in [0.25, 0.3) is 0 Å². The predicted octanol–water partition coefficient (Wildman–Crippen LogP) is 16.8. The molecule has 0 saturated heterocycles. The van der Waals surface area contributed by atoms with E-state index in [1.165, 1.54) is 38.4 Å². The van der Waals surface area contributed by atoms with E-state index < -0.39 is 0 Å².